The predicted molar refractivity (Wildman–Crippen MR) is 53.5 cm³/mol. The van der Waals surface area contributed by atoms with Crippen molar-refractivity contribution in [3.8, 4) is 0 Å². The predicted octanol–water partition coefficient (Wildman–Crippen LogP) is 0.853. The highest BCUT2D eigenvalue weighted by Gasteiger charge is 2.38. The van der Waals surface area contributed by atoms with E-state index in [9.17, 15) is 4.79 Å². The summed E-state index contributed by atoms with van der Waals surface area (Å²) in [4.78, 5) is 13.7. The second kappa shape index (κ2) is 3.66. The molecule has 13 heavy (non-hydrogen) atoms. The Balaban J connectivity index is 2.57. The van der Waals surface area contributed by atoms with Crippen LogP contribution in [0.4, 0.5) is 0 Å². The maximum atomic E-state index is 11.6. The van der Waals surface area contributed by atoms with Crippen molar-refractivity contribution in [2.75, 3.05) is 20.1 Å². The van der Waals surface area contributed by atoms with Crippen LogP contribution in [0.1, 0.15) is 27.2 Å². The third-order valence-corrected chi connectivity index (χ3v) is 2.61. The van der Waals surface area contributed by atoms with Crippen molar-refractivity contribution in [1.82, 2.24) is 10.2 Å². The maximum Gasteiger partial charge on any atom is 0.237 e. The first kappa shape index (κ1) is 10.5. The lowest BCUT2D eigenvalue weighted by Crippen LogP contribution is -2.41. The lowest BCUT2D eigenvalue weighted by Gasteiger charge is -2.17. The number of hydrogen-bond acceptors (Lipinski definition) is 2. The van der Waals surface area contributed by atoms with Crippen molar-refractivity contribution in [3.05, 3.63) is 0 Å². The zero-order valence-corrected chi connectivity index (χ0v) is 9.05. The van der Waals surface area contributed by atoms with Crippen molar-refractivity contribution in [1.29, 1.82) is 0 Å². The number of likely N-dealkylation sites (N-methyl/N-ethyl adjacent to an activating group) is 2. The van der Waals surface area contributed by atoms with Gasteiger partial charge < -0.3 is 5.32 Å². The molecule has 1 rings (SSSR count). The van der Waals surface area contributed by atoms with E-state index in [0.717, 1.165) is 19.5 Å². The molecule has 1 saturated heterocycles. The fourth-order valence-corrected chi connectivity index (χ4v) is 2.11. The number of amides is 1. The topological polar surface area (TPSA) is 32.3 Å². The van der Waals surface area contributed by atoms with Gasteiger partial charge in [0.1, 0.15) is 0 Å². The monoisotopic (exact) mass is 184 g/mol. The molecule has 0 aromatic carbocycles. The summed E-state index contributed by atoms with van der Waals surface area (Å²) < 4.78 is 0. The van der Waals surface area contributed by atoms with Crippen LogP contribution in [0.5, 0.6) is 0 Å². The zero-order chi connectivity index (χ0) is 10.1. The Hall–Kier alpha value is -0.570. The molecule has 1 N–H and O–H groups in total. The number of rotatable bonds is 2. The average Bonchev–Trinajstić information content (AvgIpc) is 2.25. The molecule has 0 aromatic rings. The summed E-state index contributed by atoms with van der Waals surface area (Å²) in [6, 6.07) is 0.0787. The molecule has 0 radical (unpaired) electrons. The van der Waals surface area contributed by atoms with E-state index in [-0.39, 0.29) is 17.4 Å². The quantitative estimate of drug-likeness (QED) is 0.690. The molecule has 3 nitrogen and oxygen atoms in total. The highest BCUT2D eigenvalue weighted by Crippen LogP contribution is 2.32. The van der Waals surface area contributed by atoms with Gasteiger partial charge in [-0.2, -0.15) is 0 Å². The zero-order valence-electron chi connectivity index (χ0n) is 9.05. The highest BCUT2D eigenvalue weighted by atomic mass is 16.2. The van der Waals surface area contributed by atoms with Gasteiger partial charge in [-0.25, -0.2) is 0 Å². The molecule has 3 heteroatoms. The SMILES string of the molecule is CCNC(=O)C1CC(C)(C)CN1C. The van der Waals surface area contributed by atoms with Gasteiger partial charge in [0, 0.05) is 13.1 Å². The molecule has 1 amide bonds. The van der Waals surface area contributed by atoms with Crippen LogP contribution < -0.4 is 5.32 Å². The molecule has 1 atom stereocenters. The number of likely N-dealkylation sites (tertiary alicyclic amines) is 1. The van der Waals surface area contributed by atoms with E-state index in [4.69, 9.17) is 0 Å². The summed E-state index contributed by atoms with van der Waals surface area (Å²) in [7, 11) is 2.02. The van der Waals surface area contributed by atoms with E-state index in [1.54, 1.807) is 0 Å². The Morgan fingerprint density at radius 1 is 1.62 bits per heavy atom. The number of nitrogens with one attached hydrogen (secondary N) is 1. The smallest absolute Gasteiger partial charge is 0.237 e. The molecule has 1 aliphatic rings. The number of carbonyl (C=O) groups is 1. The van der Waals surface area contributed by atoms with Gasteiger partial charge in [0.25, 0.3) is 0 Å². The molecule has 1 fully saturated rings. The van der Waals surface area contributed by atoms with Gasteiger partial charge in [-0.1, -0.05) is 13.8 Å². The number of carbonyl (C=O) groups excluding carboxylic acids is 1. The molecule has 1 heterocycles. The molecule has 0 bridgehead atoms. The number of nitrogens with zero attached hydrogens (tertiary/aromatic N) is 1. The molecule has 0 spiro atoms. The third-order valence-electron chi connectivity index (χ3n) is 2.61. The van der Waals surface area contributed by atoms with Crippen molar-refractivity contribution in [2.24, 2.45) is 5.41 Å². The van der Waals surface area contributed by atoms with Crippen molar-refractivity contribution in [3.63, 3.8) is 0 Å². The fraction of sp³-hybridized carbons (Fsp3) is 0.900. The maximum absolute atomic E-state index is 11.6. The minimum Gasteiger partial charge on any atom is -0.355 e. The normalized spacial score (nSPS) is 27.5. The third kappa shape index (κ3) is 2.44. The molecule has 76 valence electrons. The first-order chi connectivity index (χ1) is 5.96. The summed E-state index contributed by atoms with van der Waals surface area (Å²) in [5.41, 5.74) is 0.282. The first-order valence-corrected chi connectivity index (χ1v) is 4.94. The van der Waals surface area contributed by atoms with Crippen LogP contribution in [0.3, 0.4) is 0 Å². The Kier molecular flexibility index (Phi) is 2.96. The fourth-order valence-electron chi connectivity index (χ4n) is 2.11. The van der Waals surface area contributed by atoms with E-state index in [1.807, 2.05) is 14.0 Å². The van der Waals surface area contributed by atoms with Crippen molar-refractivity contribution >= 4 is 5.91 Å². The lowest BCUT2D eigenvalue weighted by atomic mass is 9.90. The number of hydrogen-bond donors (Lipinski definition) is 1. The van der Waals surface area contributed by atoms with E-state index in [1.165, 1.54) is 0 Å². The van der Waals surface area contributed by atoms with Crippen molar-refractivity contribution < 1.29 is 4.79 Å². The van der Waals surface area contributed by atoms with Crippen molar-refractivity contribution in [2.45, 2.75) is 33.2 Å². The molecule has 0 aromatic heterocycles. The van der Waals surface area contributed by atoms with Gasteiger partial charge in [-0.3, -0.25) is 9.69 Å². The largest absolute Gasteiger partial charge is 0.355 e. The molecule has 1 aliphatic heterocycles. The summed E-state index contributed by atoms with van der Waals surface area (Å²) in [5.74, 6) is 0.176. The second-order valence-corrected chi connectivity index (χ2v) is 4.69. The molecule has 0 aliphatic carbocycles. The van der Waals surface area contributed by atoms with Gasteiger partial charge >= 0.3 is 0 Å². The molecular formula is C10H20N2O. The van der Waals surface area contributed by atoms with Crippen LogP contribution in [-0.2, 0) is 4.79 Å². The first-order valence-electron chi connectivity index (χ1n) is 4.94. The summed E-state index contributed by atoms with van der Waals surface area (Å²) in [5, 5.41) is 2.88. The van der Waals surface area contributed by atoms with Crippen LogP contribution in [0, 0.1) is 5.41 Å². The van der Waals surface area contributed by atoms with E-state index < -0.39 is 0 Å². The van der Waals surface area contributed by atoms with Gasteiger partial charge in [0.05, 0.1) is 6.04 Å². The van der Waals surface area contributed by atoms with Gasteiger partial charge in [0.15, 0.2) is 0 Å². The molecule has 1 unspecified atom stereocenters. The highest BCUT2D eigenvalue weighted by molar-refractivity contribution is 5.82. The van der Waals surface area contributed by atoms with Crippen LogP contribution in [0.15, 0.2) is 0 Å². The average molecular weight is 184 g/mol. The lowest BCUT2D eigenvalue weighted by molar-refractivity contribution is -0.125. The Morgan fingerprint density at radius 3 is 2.62 bits per heavy atom. The molecule has 0 saturated carbocycles. The second-order valence-electron chi connectivity index (χ2n) is 4.69. The van der Waals surface area contributed by atoms with Gasteiger partial charge in [-0.15, -0.1) is 0 Å². The van der Waals surface area contributed by atoms with E-state index >= 15 is 0 Å². The Labute approximate surface area is 80.5 Å². The van der Waals surface area contributed by atoms with Gasteiger partial charge in [0.2, 0.25) is 5.91 Å². The van der Waals surface area contributed by atoms with Crippen LogP contribution in [0.2, 0.25) is 0 Å². The van der Waals surface area contributed by atoms with Crippen LogP contribution in [-0.4, -0.2) is 37.0 Å². The van der Waals surface area contributed by atoms with Crippen LogP contribution in [0.25, 0.3) is 0 Å². The standard InChI is InChI=1S/C10H20N2O/c1-5-11-9(13)8-6-10(2,3)7-12(8)4/h8H,5-7H2,1-4H3,(H,11,13). The van der Waals surface area contributed by atoms with E-state index in [0.29, 0.717) is 0 Å². The minimum absolute atomic E-state index is 0.0787. The Bertz CT molecular complexity index is 201. The molecular weight excluding hydrogens is 164 g/mol. The van der Waals surface area contributed by atoms with Crippen LogP contribution >= 0.6 is 0 Å². The Morgan fingerprint density at radius 2 is 2.23 bits per heavy atom. The minimum atomic E-state index is 0.0787. The summed E-state index contributed by atoms with van der Waals surface area (Å²) in [6.07, 6.45) is 0.968. The van der Waals surface area contributed by atoms with E-state index in [2.05, 4.69) is 24.1 Å². The summed E-state index contributed by atoms with van der Waals surface area (Å²) >= 11 is 0. The summed E-state index contributed by atoms with van der Waals surface area (Å²) in [6.45, 7) is 8.11. The van der Waals surface area contributed by atoms with Gasteiger partial charge in [-0.05, 0) is 25.8 Å².